The van der Waals surface area contributed by atoms with Crippen LogP contribution in [0.4, 0.5) is 13.2 Å². The fourth-order valence-corrected chi connectivity index (χ4v) is 4.33. The zero-order valence-corrected chi connectivity index (χ0v) is 16.6. The first-order chi connectivity index (χ1) is 13.6. The van der Waals surface area contributed by atoms with Crippen LogP contribution >= 0.6 is 0 Å². The Labute approximate surface area is 168 Å². The van der Waals surface area contributed by atoms with Crippen molar-refractivity contribution in [3.63, 3.8) is 0 Å². The van der Waals surface area contributed by atoms with Gasteiger partial charge in [-0.15, -0.1) is 0 Å². The van der Waals surface area contributed by atoms with Crippen molar-refractivity contribution >= 4 is 17.7 Å². The Morgan fingerprint density at radius 1 is 1.24 bits per heavy atom. The highest BCUT2D eigenvalue weighted by atomic mass is 19.4. The Morgan fingerprint density at radius 3 is 2.38 bits per heavy atom. The van der Waals surface area contributed by atoms with Gasteiger partial charge in [-0.3, -0.25) is 15.6 Å². The van der Waals surface area contributed by atoms with Crippen molar-refractivity contribution in [2.24, 2.45) is 23.2 Å². The summed E-state index contributed by atoms with van der Waals surface area (Å²) in [4.78, 5) is 13.5. The molecule has 5 nitrogen and oxygen atoms in total. The minimum atomic E-state index is -4.54. The Bertz CT molecular complexity index is 790. The molecule has 2 unspecified atom stereocenters. The molecule has 1 aromatic carbocycles. The van der Waals surface area contributed by atoms with Gasteiger partial charge in [0.05, 0.1) is 0 Å². The van der Waals surface area contributed by atoms with Gasteiger partial charge in [0.15, 0.2) is 5.90 Å². The van der Waals surface area contributed by atoms with Gasteiger partial charge < -0.3 is 9.64 Å². The number of hydrogen-bond acceptors (Lipinski definition) is 4. The van der Waals surface area contributed by atoms with Crippen molar-refractivity contribution in [3.8, 4) is 0 Å². The summed E-state index contributed by atoms with van der Waals surface area (Å²) in [7, 11) is 0. The van der Waals surface area contributed by atoms with Gasteiger partial charge in [-0.05, 0) is 50.2 Å². The number of carbonyl (C=O) groups excluding carboxylic acids is 1. The third-order valence-corrected chi connectivity index (χ3v) is 6.27. The molecule has 0 aromatic heterocycles. The molecule has 1 saturated heterocycles. The lowest BCUT2D eigenvalue weighted by Crippen LogP contribution is -2.50. The molecular weight excluding hydrogens is 383 g/mol. The van der Waals surface area contributed by atoms with Crippen LogP contribution in [0, 0.1) is 34.0 Å². The van der Waals surface area contributed by atoms with Gasteiger partial charge in [-0.1, -0.05) is 25.1 Å². The number of amides is 1. The maximum Gasteiger partial charge on any atom is 0.400 e. The van der Waals surface area contributed by atoms with Gasteiger partial charge in [-0.25, -0.2) is 0 Å². The molecule has 1 saturated carbocycles. The summed E-state index contributed by atoms with van der Waals surface area (Å²) in [6, 6.07) is 8.90. The Balaban J connectivity index is 1.63. The Kier molecular flexibility index (Phi) is 5.74. The van der Waals surface area contributed by atoms with Gasteiger partial charge >= 0.3 is 6.18 Å². The number of nitrogens with one attached hydrogen (secondary N) is 2. The second kappa shape index (κ2) is 7.80. The molecule has 29 heavy (non-hydrogen) atoms. The number of halogens is 3. The standard InChI is InChI=1S/C21H26F3N3O2/c1-13-12-27(18(28)14(2)21(22,23)24)11-8-16(13)20(9-10-20)19(26)29-17(25)15-6-4-3-5-7-15/h3-7,13-14,16,25-26H,8-12H2,1-2H3/t13?,14-,16?/m0/s1. The maximum absolute atomic E-state index is 12.9. The summed E-state index contributed by atoms with van der Waals surface area (Å²) in [5.74, 6) is -2.93. The van der Waals surface area contributed by atoms with Gasteiger partial charge in [-0.2, -0.15) is 13.2 Å². The van der Waals surface area contributed by atoms with E-state index in [1.165, 1.54) is 4.90 Å². The van der Waals surface area contributed by atoms with Crippen LogP contribution in [0.1, 0.15) is 38.7 Å². The normalized spacial score (nSPS) is 24.5. The van der Waals surface area contributed by atoms with E-state index in [-0.39, 0.29) is 36.7 Å². The van der Waals surface area contributed by atoms with Crippen LogP contribution in [-0.4, -0.2) is 41.9 Å². The first-order valence-corrected chi connectivity index (χ1v) is 9.82. The number of hydrogen-bond donors (Lipinski definition) is 2. The molecule has 1 aliphatic heterocycles. The van der Waals surface area contributed by atoms with Crippen LogP contribution < -0.4 is 0 Å². The van der Waals surface area contributed by atoms with Crippen molar-refractivity contribution in [1.82, 2.24) is 4.90 Å². The molecule has 1 amide bonds. The summed E-state index contributed by atoms with van der Waals surface area (Å²) in [5, 5.41) is 16.6. The molecule has 1 aliphatic carbocycles. The van der Waals surface area contributed by atoms with Gasteiger partial charge in [0.2, 0.25) is 11.8 Å². The first kappa shape index (κ1) is 21.3. The lowest BCUT2D eigenvalue weighted by Gasteiger charge is -2.41. The zero-order chi connectivity index (χ0) is 21.4. The molecule has 1 aromatic rings. The summed E-state index contributed by atoms with van der Waals surface area (Å²) in [6.07, 6.45) is -2.49. The fraction of sp³-hybridized carbons (Fsp3) is 0.571. The van der Waals surface area contributed by atoms with Crippen molar-refractivity contribution < 1.29 is 22.7 Å². The molecule has 1 heterocycles. The summed E-state index contributed by atoms with van der Waals surface area (Å²) >= 11 is 0. The highest BCUT2D eigenvalue weighted by Crippen LogP contribution is 2.57. The number of benzene rings is 1. The molecule has 0 radical (unpaired) electrons. The van der Waals surface area contributed by atoms with Crippen LogP contribution in [0.15, 0.2) is 30.3 Å². The molecule has 3 atom stereocenters. The lowest BCUT2D eigenvalue weighted by molar-refractivity contribution is -0.187. The average Bonchev–Trinajstić information content (AvgIpc) is 3.48. The van der Waals surface area contributed by atoms with E-state index in [0.717, 1.165) is 19.8 Å². The highest BCUT2D eigenvalue weighted by molar-refractivity contribution is 6.01. The number of ether oxygens (including phenoxy) is 1. The van der Waals surface area contributed by atoms with Crippen LogP contribution in [0.3, 0.4) is 0 Å². The van der Waals surface area contributed by atoms with Crippen LogP contribution in [0.25, 0.3) is 0 Å². The molecule has 0 bridgehead atoms. The Hall–Kier alpha value is -2.38. The third-order valence-electron chi connectivity index (χ3n) is 6.27. The molecule has 158 valence electrons. The molecule has 0 spiro atoms. The van der Waals surface area contributed by atoms with E-state index in [1.807, 2.05) is 13.0 Å². The SMILES string of the molecule is CC1CN(C(=O)[C@H](C)C(F)(F)F)CCC1C1(C(=N)OC(=N)c2ccccc2)CC1. The zero-order valence-electron chi connectivity index (χ0n) is 16.6. The number of likely N-dealkylation sites (tertiary alicyclic amines) is 1. The smallest absolute Gasteiger partial charge is 0.400 e. The van der Waals surface area contributed by atoms with E-state index < -0.39 is 23.4 Å². The van der Waals surface area contributed by atoms with Crippen LogP contribution in [-0.2, 0) is 9.53 Å². The van der Waals surface area contributed by atoms with Gasteiger partial charge in [0.25, 0.3) is 0 Å². The molecular formula is C21H26F3N3O2. The average molecular weight is 409 g/mol. The largest absolute Gasteiger partial charge is 0.425 e. The van der Waals surface area contributed by atoms with Gasteiger partial charge in [0, 0.05) is 24.1 Å². The van der Waals surface area contributed by atoms with Gasteiger partial charge in [0.1, 0.15) is 5.92 Å². The molecule has 8 heteroatoms. The molecule has 2 fully saturated rings. The van der Waals surface area contributed by atoms with Crippen molar-refractivity contribution in [3.05, 3.63) is 35.9 Å². The minimum Gasteiger partial charge on any atom is -0.425 e. The number of alkyl halides is 3. The van der Waals surface area contributed by atoms with Crippen LogP contribution in [0.5, 0.6) is 0 Å². The summed E-state index contributed by atoms with van der Waals surface area (Å²) < 4.78 is 44.2. The van der Waals surface area contributed by atoms with Crippen molar-refractivity contribution in [1.29, 1.82) is 10.8 Å². The quantitative estimate of drug-likeness (QED) is 0.569. The molecule has 3 rings (SSSR count). The predicted octanol–water partition coefficient (Wildman–Crippen LogP) is 4.47. The number of rotatable bonds is 4. The topological polar surface area (TPSA) is 77.2 Å². The second-order valence-corrected chi connectivity index (χ2v) is 8.20. The van der Waals surface area contributed by atoms with E-state index in [4.69, 9.17) is 15.6 Å². The predicted molar refractivity (Wildman–Crippen MR) is 103 cm³/mol. The summed E-state index contributed by atoms with van der Waals surface area (Å²) in [5.41, 5.74) is 0.105. The minimum absolute atomic E-state index is 0.0452. The monoisotopic (exact) mass is 409 g/mol. The molecule has 2 N–H and O–H groups in total. The second-order valence-electron chi connectivity index (χ2n) is 8.20. The van der Waals surface area contributed by atoms with Crippen molar-refractivity contribution in [2.45, 2.75) is 39.3 Å². The third kappa shape index (κ3) is 4.31. The van der Waals surface area contributed by atoms with Crippen molar-refractivity contribution in [2.75, 3.05) is 13.1 Å². The summed E-state index contributed by atoms with van der Waals surface area (Å²) in [6.45, 7) is 3.31. The van der Waals surface area contributed by atoms with E-state index in [9.17, 15) is 18.0 Å². The maximum atomic E-state index is 12.9. The van der Waals surface area contributed by atoms with E-state index in [1.54, 1.807) is 24.3 Å². The number of piperidine rings is 1. The van der Waals surface area contributed by atoms with E-state index in [0.29, 0.717) is 12.0 Å². The molecule has 2 aliphatic rings. The van der Waals surface area contributed by atoms with Crippen LogP contribution in [0.2, 0.25) is 0 Å². The Morgan fingerprint density at radius 2 is 1.86 bits per heavy atom. The first-order valence-electron chi connectivity index (χ1n) is 9.82. The van der Waals surface area contributed by atoms with E-state index >= 15 is 0 Å². The number of nitrogens with zero attached hydrogens (tertiary/aromatic N) is 1. The lowest BCUT2D eigenvalue weighted by atomic mass is 9.74. The highest BCUT2D eigenvalue weighted by Gasteiger charge is 2.57. The number of carbonyl (C=O) groups is 1. The van der Waals surface area contributed by atoms with E-state index in [2.05, 4.69) is 0 Å². The fourth-order valence-electron chi connectivity index (χ4n) is 4.33.